The second-order valence-electron chi connectivity index (χ2n) is 7.15. The van der Waals surface area contributed by atoms with E-state index in [2.05, 4.69) is 5.32 Å². The molecule has 0 radical (unpaired) electrons. The van der Waals surface area contributed by atoms with E-state index in [0.29, 0.717) is 13.0 Å². The summed E-state index contributed by atoms with van der Waals surface area (Å²) in [4.78, 5) is 25.2. The third-order valence-electron chi connectivity index (χ3n) is 5.08. The van der Waals surface area contributed by atoms with E-state index in [1.54, 1.807) is 17.0 Å². The lowest BCUT2D eigenvalue weighted by molar-refractivity contribution is -0.143. The summed E-state index contributed by atoms with van der Waals surface area (Å²) in [6.07, 6.45) is 2.20. The SMILES string of the molecule is CC1CC(C(=O)O)CN(C(=O)NC2CC(c3cccc(F)c3)C2)C1. The number of rotatable bonds is 3. The average Bonchev–Trinajstić information content (AvgIpc) is 2.49. The Bertz CT molecular complexity index is 630. The molecule has 0 bridgehead atoms. The number of carbonyl (C=O) groups excluding carboxylic acids is 1. The van der Waals surface area contributed by atoms with Crippen molar-refractivity contribution < 1.29 is 19.1 Å². The van der Waals surface area contributed by atoms with Gasteiger partial charge in [-0.2, -0.15) is 0 Å². The molecule has 2 unspecified atom stereocenters. The van der Waals surface area contributed by atoms with Crippen molar-refractivity contribution in [2.24, 2.45) is 11.8 Å². The van der Waals surface area contributed by atoms with Crippen molar-refractivity contribution in [3.05, 3.63) is 35.6 Å². The zero-order valence-corrected chi connectivity index (χ0v) is 13.7. The van der Waals surface area contributed by atoms with Crippen LogP contribution in [0.25, 0.3) is 0 Å². The number of carboxylic acid groups (broad SMARTS) is 1. The number of nitrogens with zero attached hydrogens (tertiary/aromatic N) is 1. The molecule has 0 spiro atoms. The zero-order valence-electron chi connectivity index (χ0n) is 13.7. The molecule has 1 saturated heterocycles. The molecule has 1 saturated carbocycles. The highest BCUT2D eigenvalue weighted by atomic mass is 19.1. The van der Waals surface area contributed by atoms with Gasteiger partial charge in [-0.3, -0.25) is 4.79 Å². The maximum Gasteiger partial charge on any atom is 0.317 e. The number of piperidine rings is 1. The van der Waals surface area contributed by atoms with E-state index in [9.17, 15) is 19.1 Å². The van der Waals surface area contributed by atoms with Crippen molar-refractivity contribution in [2.45, 2.75) is 38.1 Å². The Hall–Kier alpha value is -2.11. The summed E-state index contributed by atoms with van der Waals surface area (Å²) in [5.74, 6) is -1.10. The van der Waals surface area contributed by atoms with Gasteiger partial charge in [-0.25, -0.2) is 9.18 Å². The van der Waals surface area contributed by atoms with Crippen LogP contribution in [0.1, 0.15) is 37.7 Å². The van der Waals surface area contributed by atoms with Gasteiger partial charge in [0.1, 0.15) is 5.82 Å². The minimum Gasteiger partial charge on any atom is -0.481 e. The molecule has 6 heteroatoms. The summed E-state index contributed by atoms with van der Waals surface area (Å²) in [7, 11) is 0. The number of hydrogen-bond acceptors (Lipinski definition) is 2. The first-order chi connectivity index (χ1) is 11.4. The molecule has 2 fully saturated rings. The van der Waals surface area contributed by atoms with Gasteiger partial charge in [-0.15, -0.1) is 0 Å². The van der Waals surface area contributed by atoms with Crippen molar-refractivity contribution in [3.8, 4) is 0 Å². The molecule has 1 aromatic carbocycles. The van der Waals surface area contributed by atoms with Gasteiger partial charge in [-0.05, 0) is 48.8 Å². The third-order valence-corrected chi connectivity index (χ3v) is 5.08. The van der Waals surface area contributed by atoms with Gasteiger partial charge in [0.05, 0.1) is 5.92 Å². The molecule has 1 heterocycles. The van der Waals surface area contributed by atoms with Crippen LogP contribution in [0.15, 0.2) is 24.3 Å². The van der Waals surface area contributed by atoms with Gasteiger partial charge >= 0.3 is 12.0 Å². The number of halogens is 1. The largest absolute Gasteiger partial charge is 0.481 e. The van der Waals surface area contributed by atoms with Crippen LogP contribution in [-0.4, -0.2) is 41.1 Å². The van der Waals surface area contributed by atoms with E-state index in [0.717, 1.165) is 18.4 Å². The number of carbonyl (C=O) groups is 2. The highest BCUT2D eigenvalue weighted by Crippen LogP contribution is 2.37. The number of urea groups is 1. The lowest BCUT2D eigenvalue weighted by Crippen LogP contribution is -2.53. The first-order valence-electron chi connectivity index (χ1n) is 8.46. The van der Waals surface area contributed by atoms with E-state index >= 15 is 0 Å². The van der Waals surface area contributed by atoms with E-state index in [1.807, 2.05) is 13.0 Å². The van der Waals surface area contributed by atoms with Crippen molar-refractivity contribution in [1.82, 2.24) is 10.2 Å². The molecule has 1 aliphatic carbocycles. The molecular formula is C18H23FN2O3. The van der Waals surface area contributed by atoms with Gasteiger partial charge in [0.2, 0.25) is 0 Å². The summed E-state index contributed by atoms with van der Waals surface area (Å²) in [6.45, 7) is 2.83. The van der Waals surface area contributed by atoms with Gasteiger partial charge in [-0.1, -0.05) is 19.1 Å². The summed E-state index contributed by atoms with van der Waals surface area (Å²) >= 11 is 0. The highest BCUT2D eigenvalue weighted by molar-refractivity contribution is 5.77. The van der Waals surface area contributed by atoms with Crippen LogP contribution in [0.5, 0.6) is 0 Å². The molecule has 5 nitrogen and oxygen atoms in total. The second kappa shape index (κ2) is 6.79. The molecule has 2 N–H and O–H groups in total. The molecule has 2 aliphatic rings. The normalized spacial score (nSPS) is 29.7. The van der Waals surface area contributed by atoms with Gasteiger partial charge in [0.25, 0.3) is 0 Å². The van der Waals surface area contributed by atoms with Gasteiger partial charge in [0, 0.05) is 19.1 Å². The zero-order chi connectivity index (χ0) is 17.3. The van der Waals surface area contributed by atoms with Crippen LogP contribution in [0.2, 0.25) is 0 Å². The van der Waals surface area contributed by atoms with E-state index in [-0.39, 0.29) is 36.3 Å². The van der Waals surface area contributed by atoms with E-state index in [1.165, 1.54) is 6.07 Å². The average molecular weight is 334 g/mol. The van der Waals surface area contributed by atoms with E-state index in [4.69, 9.17) is 0 Å². The smallest absolute Gasteiger partial charge is 0.317 e. The molecule has 2 amide bonds. The predicted octanol–water partition coefficient (Wildman–Crippen LogP) is 2.82. The Morgan fingerprint density at radius 1 is 1.25 bits per heavy atom. The Labute approximate surface area is 140 Å². The maximum atomic E-state index is 13.3. The molecule has 24 heavy (non-hydrogen) atoms. The standard InChI is InChI=1S/C18H23FN2O3/c1-11-5-14(17(22)23)10-21(9-11)18(24)20-16-7-13(8-16)12-3-2-4-15(19)6-12/h2-4,6,11,13-14,16H,5,7-10H2,1H3,(H,20,24)(H,22,23). The Morgan fingerprint density at radius 3 is 2.67 bits per heavy atom. The molecule has 0 aromatic heterocycles. The van der Waals surface area contributed by atoms with E-state index < -0.39 is 11.9 Å². The van der Waals surface area contributed by atoms with Gasteiger partial charge < -0.3 is 15.3 Å². The summed E-state index contributed by atoms with van der Waals surface area (Å²) in [6, 6.07) is 6.49. The number of hydrogen-bond donors (Lipinski definition) is 2. The van der Waals surface area contributed by atoms with Crippen LogP contribution in [0, 0.1) is 17.7 Å². The molecule has 1 aliphatic heterocycles. The number of aliphatic carboxylic acids is 1. The number of likely N-dealkylation sites (tertiary alicyclic amines) is 1. The number of nitrogens with one attached hydrogen (secondary N) is 1. The molecule has 130 valence electrons. The number of benzene rings is 1. The Kier molecular flexibility index (Phi) is 4.73. The quantitative estimate of drug-likeness (QED) is 0.893. The fourth-order valence-corrected chi connectivity index (χ4v) is 3.73. The number of carboxylic acids is 1. The second-order valence-corrected chi connectivity index (χ2v) is 7.15. The van der Waals surface area contributed by atoms with Gasteiger partial charge in [0.15, 0.2) is 0 Å². The first kappa shape index (κ1) is 16.7. The topological polar surface area (TPSA) is 69.6 Å². The lowest BCUT2D eigenvalue weighted by atomic mass is 9.76. The fraction of sp³-hybridized carbons (Fsp3) is 0.556. The van der Waals surface area contributed by atoms with Crippen molar-refractivity contribution in [2.75, 3.05) is 13.1 Å². The predicted molar refractivity (Wildman–Crippen MR) is 87.2 cm³/mol. The summed E-state index contributed by atoms with van der Waals surface area (Å²) in [5.41, 5.74) is 0.970. The lowest BCUT2D eigenvalue weighted by Gasteiger charge is -2.40. The van der Waals surface area contributed by atoms with Crippen LogP contribution in [0.4, 0.5) is 9.18 Å². The van der Waals surface area contributed by atoms with Crippen LogP contribution < -0.4 is 5.32 Å². The molecular weight excluding hydrogens is 311 g/mol. The van der Waals surface area contributed by atoms with Crippen LogP contribution in [-0.2, 0) is 4.79 Å². The minimum atomic E-state index is -0.839. The minimum absolute atomic E-state index is 0.0753. The Balaban J connectivity index is 1.50. The molecule has 3 rings (SSSR count). The van der Waals surface area contributed by atoms with Crippen molar-refractivity contribution >= 4 is 12.0 Å². The maximum absolute atomic E-state index is 13.3. The summed E-state index contributed by atoms with van der Waals surface area (Å²) < 4.78 is 13.3. The molecule has 2 atom stereocenters. The van der Waals surface area contributed by atoms with Crippen molar-refractivity contribution in [1.29, 1.82) is 0 Å². The van der Waals surface area contributed by atoms with Crippen molar-refractivity contribution in [3.63, 3.8) is 0 Å². The number of amides is 2. The summed E-state index contributed by atoms with van der Waals surface area (Å²) in [5, 5.41) is 12.2. The molecule has 1 aromatic rings. The Morgan fingerprint density at radius 2 is 2.00 bits per heavy atom. The monoisotopic (exact) mass is 334 g/mol. The highest BCUT2D eigenvalue weighted by Gasteiger charge is 2.35. The first-order valence-corrected chi connectivity index (χ1v) is 8.46. The third kappa shape index (κ3) is 3.68. The van der Waals surface area contributed by atoms with Crippen LogP contribution in [0.3, 0.4) is 0 Å². The fourth-order valence-electron chi connectivity index (χ4n) is 3.73. The van der Waals surface area contributed by atoms with Crippen LogP contribution >= 0.6 is 0 Å².